The van der Waals surface area contributed by atoms with E-state index in [0.717, 1.165) is 32.4 Å². The number of nitrogens with zero attached hydrogens (tertiary/aromatic N) is 1. The van der Waals surface area contributed by atoms with Gasteiger partial charge in [0.1, 0.15) is 48.0 Å². The predicted molar refractivity (Wildman–Crippen MR) is 322 cm³/mol. The van der Waals surface area contributed by atoms with E-state index in [1.54, 1.807) is 69.3 Å². The number of benzene rings is 4. The van der Waals surface area contributed by atoms with Crippen LogP contribution in [0.5, 0.6) is 5.75 Å². The number of fused-ring (bicyclic) bond motifs is 1. The maximum atomic E-state index is 15.1. The summed E-state index contributed by atoms with van der Waals surface area (Å²) in [6.07, 6.45) is 0.919. The van der Waals surface area contributed by atoms with Crippen molar-refractivity contribution in [3.8, 4) is 5.75 Å². The molecule has 25 nitrogen and oxygen atoms in total. The number of phenolic OH excluding ortho intramolecular Hbond substituents is 1. The maximum Gasteiger partial charge on any atom is 0.245 e. The smallest absolute Gasteiger partial charge is 0.245 e. The molecule has 1 aliphatic heterocycles. The summed E-state index contributed by atoms with van der Waals surface area (Å²) in [4.78, 5) is 131. The van der Waals surface area contributed by atoms with Crippen molar-refractivity contribution >= 4 is 91.5 Å². The van der Waals surface area contributed by atoms with Gasteiger partial charge in [0.15, 0.2) is 5.96 Å². The molecule has 4 aromatic rings. The second-order valence-electron chi connectivity index (χ2n) is 20.9. The van der Waals surface area contributed by atoms with Crippen molar-refractivity contribution in [2.24, 2.45) is 33.7 Å². The number of amides is 9. The van der Waals surface area contributed by atoms with Crippen LogP contribution in [0.15, 0.2) is 102 Å². The van der Waals surface area contributed by atoms with Crippen molar-refractivity contribution in [2.45, 2.75) is 125 Å². The van der Waals surface area contributed by atoms with Gasteiger partial charge in [0.2, 0.25) is 53.2 Å². The molecule has 0 spiro atoms. The van der Waals surface area contributed by atoms with Crippen LogP contribution in [-0.4, -0.2) is 154 Å². The van der Waals surface area contributed by atoms with Gasteiger partial charge in [-0.25, -0.2) is 0 Å². The number of unbranched alkanes of at least 4 members (excludes halogenated alkanes) is 1. The molecular weight excluding hydrogens is 1120 g/mol. The van der Waals surface area contributed by atoms with Gasteiger partial charge in [-0.2, -0.15) is 0 Å². The van der Waals surface area contributed by atoms with E-state index in [-0.39, 0.29) is 62.7 Å². The fraction of sp³-hybridized carbons (Fsp3) is 0.439. The fourth-order valence-electron chi connectivity index (χ4n) is 9.02. The van der Waals surface area contributed by atoms with Gasteiger partial charge >= 0.3 is 0 Å². The maximum absolute atomic E-state index is 15.1. The Morgan fingerprint density at radius 3 is 2.07 bits per heavy atom. The monoisotopic (exact) mass is 1200 g/mol. The van der Waals surface area contributed by atoms with E-state index in [4.69, 9.17) is 28.7 Å². The lowest BCUT2D eigenvalue weighted by molar-refractivity contribution is -0.135. The molecule has 0 radical (unpaired) electrons. The standard InChI is InChI=1S/C57H78N14O11S2/c1-32(36-21-20-35-14-7-8-15-37(35)28-36)46-54(81)64-29-45(74)65-43(30-72)52(79)68-42(27-33-12-5-4-6-13-33)51(78)69-44(53(80)67-41(16-9-10-24-58)50(77)66-40(48(60)75)17-11-25-63-56(61)62)31-83-84-57(2,3)47(55(82)70-46)71-49(76)39(59)26-34-18-22-38(73)23-19-34/h4-8,12-15,18-23,28,32,39-44,46-47,72-73H,9-11,16-17,24-27,29-31,58-59H2,1-3H3,(H2,60,75)(H,64,81)(H,65,74)(H,66,77)(H,67,80)(H,68,79)(H,69,78)(H,70,82)(H,71,76)(H4,61,62,63)/t32-,39-,40-,41-,42-,43-,44-,46+,47+/m0/s1. The Labute approximate surface area is 495 Å². The van der Waals surface area contributed by atoms with Crippen LogP contribution >= 0.6 is 21.6 Å². The zero-order valence-corrected chi connectivity index (χ0v) is 48.8. The molecule has 27 heteroatoms. The van der Waals surface area contributed by atoms with Crippen LogP contribution in [0, 0.1) is 0 Å². The normalized spacial score (nSPS) is 20.6. The third-order valence-electron chi connectivity index (χ3n) is 13.9. The molecule has 1 saturated heterocycles. The van der Waals surface area contributed by atoms with Crippen molar-refractivity contribution in [3.05, 3.63) is 114 Å². The number of aliphatic hydroxyl groups is 1. The minimum Gasteiger partial charge on any atom is -0.508 e. The lowest BCUT2D eigenvalue weighted by Gasteiger charge is -2.35. The van der Waals surface area contributed by atoms with Crippen molar-refractivity contribution in [1.82, 2.24) is 42.5 Å². The summed E-state index contributed by atoms with van der Waals surface area (Å²) in [5.41, 5.74) is 30.6. The number of carbonyl (C=O) groups is 9. The molecule has 9 atom stereocenters. The largest absolute Gasteiger partial charge is 0.508 e. The first-order chi connectivity index (χ1) is 40.0. The Bertz CT molecular complexity index is 2950. The summed E-state index contributed by atoms with van der Waals surface area (Å²) in [6.45, 7) is 3.62. The second kappa shape index (κ2) is 32.8. The highest BCUT2D eigenvalue weighted by Crippen LogP contribution is 2.39. The van der Waals surface area contributed by atoms with E-state index in [9.17, 15) is 48.6 Å². The van der Waals surface area contributed by atoms with Crippen LogP contribution in [0.25, 0.3) is 10.8 Å². The zero-order chi connectivity index (χ0) is 61.5. The van der Waals surface area contributed by atoms with Gasteiger partial charge in [-0.3, -0.25) is 48.1 Å². The molecule has 0 saturated carbocycles. The van der Waals surface area contributed by atoms with Crippen LogP contribution in [0.2, 0.25) is 0 Å². The number of nitrogens with one attached hydrogen (secondary N) is 8. The molecule has 0 aliphatic carbocycles. The van der Waals surface area contributed by atoms with Gasteiger partial charge in [0.25, 0.3) is 0 Å². The topological polar surface area (TPSA) is 433 Å². The molecule has 9 amide bonds. The number of primary amides is 1. The number of phenols is 1. The highest BCUT2D eigenvalue weighted by atomic mass is 33.1. The molecule has 0 bridgehead atoms. The Balaban J connectivity index is 1.57. The minimum atomic E-state index is -1.67. The predicted octanol–water partition coefficient (Wildman–Crippen LogP) is -1.19. The van der Waals surface area contributed by atoms with Gasteiger partial charge in [-0.05, 0) is 98.5 Å². The molecular formula is C57H78N14O11S2. The number of carbonyl (C=O) groups excluding carboxylic acids is 9. The van der Waals surface area contributed by atoms with Crippen LogP contribution < -0.4 is 71.2 Å². The Kier molecular flexibility index (Phi) is 26.1. The average molecular weight is 1200 g/mol. The molecule has 1 fully saturated rings. The summed E-state index contributed by atoms with van der Waals surface area (Å²) in [6, 6.07) is 16.2. The number of guanidine groups is 1. The van der Waals surface area contributed by atoms with E-state index < -0.39 is 125 Å². The average Bonchev–Trinajstić information content (AvgIpc) is 3.58. The van der Waals surface area contributed by atoms with Crippen molar-refractivity contribution in [2.75, 3.05) is 32.0 Å². The quantitative estimate of drug-likeness (QED) is 0.0190. The van der Waals surface area contributed by atoms with E-state index in [1.807, 2.05) is 36.4 Å². The lowest BCUT2D eigenvalue weighted by atomic mass is 9.90. The number of aromatic hydroxyl groups is 1. The number of aliphatic hydroxyl groups excluding tert-OH is 1. The van der Waals surface area contributed by atoms with Crippen molar-refractivity contribution in [3.63, 3.8) is 0 Å². The lowest BCUT2D eigenvalue weighted by Crippen LogP contribution is -2.62. The second-order valence-corrected chi connectivity index (χ2v) is 23.9. The highest BCUT2D eigenvalue weighted by molar-refractivity contribution is 8.77. The number of hydrogen-bond donors (Lipinski definition) is 15. The van der Waals surface area contributed by atoms with E-state index in [2.05, 4.69) is 47.5 Å². The molecule has 1 heterocycles. The van der Waals surface area contributed by atoms with Crippen LogP contribution in [-0.2, 0) is 56.0 Å². The minimum absolute atomic E-state index is 0.00723. The Hall–Kier alpha value is -7.98. The first-order valence-corrected chi connectivity index (χ1v) is 29.7. The first kappa shape index (κ1) is 66.8. The summed E-state index contributed by atoms with van der Waals surface area (Å²) in [5.74, 6) is -9.11. The van der Waals surface area contributed by atoms with Gasteiger partial charge in [0.05, 0.1) is 19.2 Å². The van der Waals surface area contributed by atoms with Crippen LogP contribution in [0.3, 0.4) is 0 Å². The van der Waals surface area contributed by atoms with Gasteiger partial charge in [0, 0.05) is 29.4 Å². The third-order valence-corrected chi connectivity index (χ3v) is 17.2. The van der Waals surface area contributed by atoms with Crippen LogP contribution in [0.1, 0.15) is 75.5 Å². The summed E-state index contributed by atoms with van der Waals surface area (Å²) in [7, 11) is 2.02. The van der Waals surface area contributed by atoms with E-state index >= 15 is 4.79 Å². The molecule has 0 aromatic heterocycles. The van der Waals surface area contributed by atoms with Gasteiger partial charge in [-0.1, -0.05) is 113 Å². The summed E-state index contributed by atoms with van der Waals surface area (Å²) >= 11 is 0. The molecule has 0 unspecified atom stereocenters. The molecule has 5 rings (SSSR count). The van der Waals surface area contributed by atoms with Crippen LogP contribution in [0.4, 0.5) is 0 Å². The first-order valence-electron chi connectivity index (χ1n) is 27.4. The number of aliphatic imine (C=N–C) groups is 1. The van der Waals surface area contributed by atoms with Crippen molar-refractivity contribution < 1.29 is 53.4 Å². The van der Waals surface area contributed by atoms with Gasteiger partial charge in [-0.15, -0.1) is 0 Å². The Morgan fingerprint density at radius 2 is 1.40 bits per heavy atom. The van der Waals surface area contributed by atoms with E-state index in [1.165, 1.54) is 12.1 Å². The summed E-state index contributed by atoms with van der Waals surface area (Å²) < 4.78 is -1.37. The molecule has 84 heavy (non-hydrogen) atoms. The van der Waals surface area contributed by atoms with Crippen molar-refractivity contribution in [1.29, 1.82) is 0 Å². The molecule has 20 N–H and O–H groups in total. The SMILES string of the molecule is C[C@@H](c1ccc2ccccc2c1)[C@H]1NC(=O)[C@@H](NC(=O)[C@@H](N)Cc2ccc(O)cc2)C(C)(C)SSC[C@@H](C(=O)N[C@@H](CCCCN)C(=O)N[C@@H](CCCN=C(N)N)C(N)=O)NC(=O)[C@H](Cc2ccccc2)NC(=O)[C@H](CO)NC(=O)CNC1=O. The Morgan fingerprint density at radius 1 is 0.738 bits per heavy atom. The summed E-state index contributed by atoms with van der Waals surface area (Å²) in [5, 5.41) is 43.3. The molecule has 4 aromatic carbocycles. The third kappa shape index (κ3) is 20.7. The molecule has 454 valence electrons. The fourth-order valence-corrected chi connectivity index (χ4v) is 11.8. The number of rotatable bonds is 22. The van der Waals surface area contributed by atoms with E-state index in [0.29, 0.717) is 29.5 Å². The number of hydrogen-bond acceptors (Lipinski definition) is 16. The molecule has 1 aliphatic rings. The highest BCUT2D eigenvalue weighted by Gasteiger charge is 2.42. The zero-order valence-electron chi connectivity index (χ0n) is 47.1. The van der Waals surface area contributed by atoms with Gasteiger partial charge < -0.3 is 81.4 Å². The number of nitrogens with two attached hydrogens (primary N) is 5.